The predicted octanol–water partition coefficient (Wildman–Crippen LogP) is 3.66. The van der Waals surface area contributed by atoms with Crippen molar-refractivity contribution in [1.29, 1.82) is 0 Å². The topological polar surface area (TPSA) is 55.5 Å². The van der Waals surface area contributed by atoms with Gasteiger partial charge in [0, 0.05) is 5.54 Å². The maximum atomic E-state index is 9.39. The van der Waals surface area contributed by atoms with Gasteiger partial charge >= 0.3 is 0 Å². The lowest BCUT2D eigenvalue weighted by molar-refractivity contribution is 0.198. The van der Waals surface area contributed by atoms with Crippen molar-refractivity contribution in [1.82, 2.24) is 0 Å². The van der Waals surface area contributed by atoms with Crippen LogP contribution in [0.25, 0.3) is 0 Å². The highest BCUT2D eigenvalue weighted by Gasteiger charge is 2.35. The largest absolute Gasteiger partial charge is 0.494 e. The van der Waals surface area contributed by atoms with Crippen LogP contribution in [0.5, 0.6) is 5.75 Å². The number of benzene rings is 2. The van der Waals surface area contributed by atoms with Crippen LogP contribution in [0.4, 0.5) is 0 Å². The van der Waals surface area contributed by atoms with E-state index in [1.165, 1.54) is 11.1 Å². The Hall–Kier alpha value is -1.84. The molecule has 0 unspecified atom stereocenters. The second-order valence-corrected chi connectivity index (χ2v) is 6.97. The van der Waals surface area contributed by atoms with Crippen molar-refractivity contribution >= 4 is 0 Å². The maximum absolute atomic E-state index is 9.39. The third kappa shape index (κ3) is 4.37. The summed E-state index contributed by atoms with van der Waals surface area (Å²) in [5.41, 5.74) is 8.43. The fraction of sp³-hybridized carbons (Fsp3) is 0.429. The highest BCUT2D eigenvalue weighted by molar-refractivity contribution is 5.30. The Bertz CT molecular complexity index is 626. The monoisotopic (exact) mass is 325 g/mol. The molecule has 0 saturated heterocycles. The normalized spacial score (nSPS) is 23.3. The van der Waals surface area contributed by atoms with Crippen LogP contribution in [0.1, 0.15) is 42.7 Å². The number of aliphatic hydroxyl groups is 1. The van der Waals surface area contributed by atoms with Crippen molar-refractivity contribution in [2.24, 2.45) is 5.73 Å². The van der Waals surface area contributed by atoms with E-state index in [4.69, 9.17) is 10.5 Å². The van der Waals surface area contributed by atoms with E-state index >= 15 is 0 Å². The van der Waals surface area contributed by atoms with Crippen LogP contribution in [0.15, 0.2) is 54.6 Å². The fourth-order valence-corrected chi connectivity index (χ4v) is 3.53. The van der Waals surface area contributed by atoms with Crippen molar-refractivity contribution < 1.29 is 9.84 Å². The maximum Gasteiger partial charge on any atom is 0.119 e. The zero-order chi connectivity index (χ0) is 16.8. The van der Waals surface area contributed by atoms with Gasteiger partial charge < -0.3 is 15.6 Å². The minimum absolute atomic E-state index is 0.0755. The van der Waals surface area contributed by atoms with E-state index in [1.54, 1.807) is 0 Å². The third-order valence-electron chi connectivity index (χ3n) is 5.03. The Morgan fingerprint density at radius 3 is 2.50 bits per heavy atom. The molecule has 24 heavy (non-hydrogen) atoms. The van der Waals surface area contributed by atoms with Gasteiger partial charge in [-0.15, -0.1) is 0 Å². The number of rotatable bonds is 7. The van der Waals surface area contributed by atoms with Crippen molar-refractivity contribution in [3.05, 3.63) is 65.7 Å². The molecule has 0 aromatic heterocycles. The summed E-state index contributed by atoms with van der Waals surface area (Å²) in [6, 6.07) is 18.9. The second kappa shape index (κ2) is 7.82. The molecule has 0 aliphatic heterocycles. The lowest BCUT2D eigenvalue weighted by atomic mass is 9.94. The van der Waals surface area contributed by atoms with E-state index in [2.05, 4.69) is 36.4 Å². The van der Waals surface area contributed by atoms with Gasteiger partial charge in [-0.1, -0.05) is 42.5 Å². The Kier molecular flexibility index (Phi) is 5.54. The molecule has 0 radical (unpaired) electrons. The van der Waals surface area contributed by atoms with E-state index in [9.17, 15) is 5.11 Å². The summed E-state index contributed by atoms with van der Waals surface area (Å²) < 4.78 is 5.84. The molecule has 3 nitrogen and oxygen atoms in total. The van der Waals surface area contributed by atoms with Gasteiger partial charge in [-0.2, -0.15) is 0 Å². The highest BCUT2D eigenvalue weighted by Crippen LogP contribution is 2.39. The van der Waals surface area contributed by atoms with E-state index < -0.39 is 5.54 Å². The quantitative estimate of drug-likeness (QED) is 0.764. The van der Waals surface area contributed by atoms with Crippen molar-refractivity contribution in [3.63, 3.8) is 0 Å². The Morgan fingerprint density at radius 2 is 1.83 bits per heavy atom. The first-order chi connectivity index (χ1) is 11.7. The summed E-state index contributed by atoms with van der Waals surface area (Å²) in [6.45, 7) is 0.806. The molecule has 0 spiro atoms. The lowest BCUT2D eigenvalue weighted by Crippen LogP contribution is -2.40. The van der Waals surface area contributed by atoms with Crippen LogP contribution in [0.3, 0.4) is 0 Å². The van der Waals surface area contributed by atoms with Crippen molar-refractivity contribution in [2.45, 2.75) is 43.6 Å². The van der Waals surface area contributed by atoms with Crippen LogP contribution in [-0.4, -0.2) is 23.9 Å². The molecule has 0 bridgehead atoms. The summed E-state index contributed by atoms with van der Waals surface area (Å²) in [5.74, 6) is 1.38. The molecule has 3 rings (SSSR count). The molecule has 0 amide bonds. The number of ether oxygens (including phenoxy) is 1. The molecule has 3 N–H and O–H groups in total. The van der Waals surface area contributed by atoms with Crippen LogP contribution in [0.2, 0.25) is 0 Å². The molecule has 1 saturated carbocycles. The average Bonchev–Trinajstić information content (AvgIpc) is 3.03. The Morgan fingerprint density at radius 1 is 1.08 bits per heavy atom. The third-order valence-corrected chi connectivity index (χ3v) is 5.03. The van der Waals surface area contributed by atoms with Gasteiger partial charge in [-0.25, -0.2) is 0 Å². The first-order valence-electron chi connectivity index (χ1n) is 8.85. The smallest absolute Gasteiger partial charge is 0.119 e. The minimum Gasteiger partial charge on any atom is -0.494 e. The van der Waals surface area contributed by atoms with E-state index in [0.29, 0.717) is 5.92 Å². The number of hydrogen-bond acceptors (Lipinski definition) is 3. The second-order valence-electron chi connectivity index (χ2n) is 6.97. The number of nitrogens with two attached hydrogens (primary N) is 1. The molecular formula is C21H27NO2. The minimum atomic E-state index is -0.392. The first kappa shape index (κ1) is 17.0. The van der Waals surface area contributed by atoms with Gasteiger partial charge in [0.25, 0.3) is 0 Å². The van der Waals surface area contributed by atoms with Crippen molar-refractivity contribution in [2.75, 3.05) is 13.2 Å². The first-order valence-corrected chi connectivity index (χ1v) is 8.85. The molecule has 1 fully saturated rings. The summed E-state index contributed by atoms with van der Waals surface area (Å²) in [6.07, 6.45) is 4.86. The standard InChI is InChI=1S/C21H27NO2/c22-21(16-23)13-12-19(15-21)18-8-10-20(11-9-18)24-14-4-7-17-5-2-1-3-6-17/h1-3,5-6,8-11,19,23H,4,7,12-16,22H2/t19-,21-/m1/s1. The lowest BCUT2D eigenvalue weighted by Gasteiger charge is -2.21. The van der Waals surface area contributed by atoms with Crippen LogP contribution in [-0.2, 0) is 6.42 Å². The number of hydrogen-bond donors (Lipinski definition) is 2. The summed E-state index contributed by atoms with van der Waals surface area (Å²) in [5, 5.41) is 9.39. The van der Waals surface area contributed by atoms with Crippen LogP contribution >= 0.6 is 0 Å². The van der Waals surface area contributed by atoms with Gasteiger partial charge in [-0.05, 0) is 61.3 Å². The van der Waals surface area contributed by atoms with Crippen molar-refractivity contribution in [3.8, 4) is 5.75 Å². The molecule has 2 atom stereocenters. The highest BCUT2D eigenvalue weighted by atomic mass is 16.5. The fourth-order valence-electron chi connectivity index (χ4n) is 3.53. The van der Waals surface area contributed by atoms with Crippen LogP contribution in [0, 0.1) is 0 Å². The molecule has 0 heterocycles. The predicted molar refractivity (Wildman–Crippen MR) is 97.3 cm³/mol. The molecule has 2 aromatic carbocycles. The van der Waals surface area contributed by atoms with E-state index in [-0.39, 0.29) is 6.61 Å². The Balaban J connectivity index is 1.45. The summed E-state index contributed by atoms with van der Waals surface area (Å²) in [4.78, 5) is 0. The van der Waals surface area contributed by atoms with E-state index in [0.717, 1.165) is 44.5 Å². The zero-order valence-electron chi connectivity index (χ0n) is 14.2. The molecular weight excluding hydrogens is 298 g/mol. The van der Waals surface area contributed by atoms with Gasteiger partial charge in [-0.3, -0.25) is 0 Å². The molecule has 128 valence electrons. The average molecular weight is 325 g/mol. The van der Waals surface area contributed by atoms with Crippen LogP contribution < -0.4 is 10.5 Å². The molecule has 1 aliphatic rings. The molecule has 1 aliphatic carbocycles. The van der Waals surface area contributed by atoms with E-state index in [1.807, 2.05) is 18.2 Å². The number of aryl methyl sites for hydroxylation is 1. The molecule has 3 heteroatoms. The Labute approximate surface area is 144 Å². The zero-order valence-corrected chi connectivity index (χ0v) is 14.2. The molecule has 2 aromatic rings. The van der Waals surface area contributed by atoms with Gasteiger partial charge in [0.05, 0.1) is 13.2 Å². The van der Waals surface area contributed by atoms with Gasteiger partial charge in [0.1, 0.15) is 5.75 Å². The van der Waals surface area contributed by atoms with Gasteiger partial charge in [0.15, 0.2) is 0 Å². The summed E-state index contributed by atoms with van der Waals surface area (Å²) in [7, 11) is 0. The van der Waals surface area contributed by atoms with Gasteiger partial charge in [0.2, 0.25) is 0 Å². The summed E-state index contributed by atoms with van der Waals surface area (Å²) >= 11 is 0. The SMILES string of the molecule is N[C@]1(CO)CC[C@@H](c2ccc(OCCCc3ccccc3)cc2)C1. The number of aliphatic hydroxyl groups excluding tert-OH is 1.